The molecule has 5 nitrogen and oxygen atoms in total. The molecule has 1 fully saturated rings. The van der Waals surface area contributed by atoms with Crippen molar-refractivity contribution in [1.82, 2.24) is 4.90 Å². The number of sulfone groups is 1. The molecule has 1 heterocycles. The number of hydrogen-bond donors (Lipinski definition) is 2. The largest absolute Gasteiger partial charge is 0.395 e. The van der Waals surface area contributed by atoms with Gasteiger partial charge in [0.05, 0.1) is 18.1 Å². The van der Waals surface area contributed by atoms with Gasteiger partial charge in [0.25, 0.3) is 0 Å². The van der Waals surface area contributed by atoms with E-state index in [9.17, 15) is 8.42 Å². The first-order valence-electron chi connectivity index (χ1n) is 4.83. The third kappa shape index (κ3) is 3.91. The van der Waals surface area contributed by atoms with Gasteiger partial charge in [-0.1, -0.05) is 0 Å². The summed E-state index contributed by atoms with van der Waals surface area (Å²) in [5.41, 5.74) is 5.58. The van der Waals surface area contributed by atoms with Gasteiger partial charge in [-0.25, -0.2) is 8.42 Å². The van der Waals surface area contributed by atoms with Gasteiger partial charge in [-0.2, -0.15) is 0 Å². The fourth-order valence-electron chi connectivity index (χ4n) is 1.56. The maximum atomic E-state index is 11.3. The molecule has 84 valence electrons. The van der Waals surface area contributed by atoms with Crippen LogP contribution in [0.1, 0.15) is 6.42 Å². The first-order valence-corrected chi connectivity index (χ1v) is 6.65. The zero-order valence-electron chi connectivity index (χ0n) is 8.22. The number of nitrogens with two attached hydrogens (primary N) is 1. The SMILES string of the molecule is NC(CO)CN1CCCS(=O)(=O)CC1. The molecule has 6 heteroatoms. The molecular weight excluding hydrogens is 204 g/mol. The van der Waals surface area contributed by atoms with Gasteiger partial charge in [0.1, 0.15) is 0 Å². The Bertz CT molecular complexity index is 266. The second-order valence-corrected chi connectivity index (χ2v) is 6.05. The monoisotopic (exact) mass is 222 g/mol. The zero-order chi connectivity index (χ0) is 10.6. The molecule has 1 atom stereocenters. The summed E-state index contributed by atoms with van der Waals surface area (Å²) in [4.78, 5) is 2.01. The molecule has 0 amide bonds. The molecule has 1 rings (SSSR count). The average molecular weight is 222 g/mol. The van der Waals surface area contributed by atoms with E-state index in [1.54, 1.807) is 0 Å². The number of rotatable bonds is 3. The van der Waals surface area contributed by atoms with E-state index in [1.807, 2.05) is 4.90 Å². The molecule has 0 radical (unpaired) electrons. The Morgan fingerprint density at radius 2 is 2.07 bits per heavy atom. The van der Waals surface area contributed by atoms with Crippen LogP contribution in [-0.4, -0.2) is 62.2 Å². The van der Waals surface area contributed by atoms with Crippen molar-refractivity contribution in [3.05, 3.63) is 0 Å². The van der Waals surface area contributed by atoms with Gasteiger partial charge < -0.3 is 15.7 Å². The first-order chi connectivity index (χ1) is 6.53. The molecule has 0 spiro atoms. The van der Waals surface area contributed by atoms with Gasteiger partial charge >= 0.3 is 0 Å². The van der Waals surface area contributed by atoms with Gasteiger partial charge in [0.2, 0.25) is 0 Å². The normalized spacial score (nSPS) is 25.6. The Morgan fingerprint density at radius 1 is 1.36 bits per heavy atom. The van der Waals surface area contributed by atoms with Gasteiger partial charge in [-0.3, -0.25) is 0 Å². The lowest BCUT2D eigenvalue weighted by atomic mass is 10.3. The van der Waals surface area contributed by atoms with Crippen molar-refractivity contribution >= 4 is 9.84 Å². The fourth-order valence-corrected chi connectivity index (χ4v) is 2.87. The molecule has 14 heavy (non-hydrogen) atoms. The molecular formula is C8H18N2O3S. The summed E-state index contributed by atoms with van der Waals surface area (Å²) in [5, 5.41) is 8.77. The van der Waals surface area contributed by atoms with Gasteiger partial charge in [-0.05, 0) is 13.0 Å². The lowest BCUT2D eigenvalue weighted by molar-refractivity contribution is 0.209. The third-order valence-electron chi connectivity index (χ3n) is 2.38. The third-order valence-corrected chi connectivity index (χ3v) is 4.09. The molecule has 3 N–H and O–H groups in total. The van der Waals surface area contributed by atoms with Crippen molar-refractivity contribution in [1.29, 1.82) is 0 Å². The van der Waals surface area contributed by atoms with E-state index >= 15 is 0 Å². The summed E-state index contributed by atoms with van der Waals surface area (Å²) in [5.74, 6) is 0.489. The maximum Gasteiger partial charge on any atom is 0.151 e. The van der Waals surface area contributed by atoms with Crippen molar-refractivity contribution in [3.63, 3.8) is 0 Å². The minimum Gasteiger partial charge on any atom is -0.395 e. The summed E-state index contributed by atoms with van der Waals surface area (Å²) in [7, 11) is -2.84. The van der Waals surface area contributed by atoms with Crippen LogP contribution in [0.3, 0.4) is 0 Å². The predicted molar refractivity (Wildman–Crippen MR) is 54.8 cm³/mol. The molecule has 0 bridgehead atoms. The molecule has 1 unspecified atom stereocenters. The summed E-state index contributed by atoms with van der Waals surface area (Å²) < 4.78 is 22.5. The molecule has 0 saturated carbocycles. The van der Waals surface area contributed by atoms with E-state index in [1.165, 1.54) is 0 Å². The molecule has 0 aromatic carbocycles. The second-order valence-electron chi connectivity index (χ2n) is 3.75. The minimum atomic E-state index is -2.84. The smallest absolute Gasteiger partial charge is 0.151 e. The van der Waals surface area contributed by atoms with Gasteiger partial charge in [0.15, 0.2) is 9.84 Å². The second kappa shape index (κ2) is 5.06. The number of aliphatic hydroxyl groups excluding tert-OH is 1. The fraction of sp³-hybridized carbons (Fsp3) is 1.00. The Hall–Kier alpha value is -0.170. The van der Waals surface area contributed by atoms with Crippen LogP contribution >= 0.6 is 0 Å². The summed E-state index contributed by atoms with van der Waals surface area (Å²) in [6, 6.07) is -0.268. The highest BCUT2D eigenvalue weighted by Gasteiger charge is 2.19. The van der Waals surface area contributed by atoms with Crippen molar-refractivity contribution in [2.45, 2.75) is 12.5 Å². The summed E-state index contributed by atoms with van der Waals surface area (Å²) in [6.07, 6.45) is 0.667. The number of hydrogen-bond acceptors (Lipinski definition) is 5. The molecule has 0 aromatic heterocycles. The van der Waals surface area contributed by atoms with Crippen LogP contribution in [-0.2, 0) is 9.84 Å². The Balaban J connectivity index is 2.42. The van der Waals surface area contributed by atoms with E-state index in [-0.39, 0.29) is 24.2 Å². The lowest BCUT2D eigenvalue weighted by Gasteiger charge is -2.21. The Morgan fingerprint density at radius 3 is 2.71 bits per heavy atom. The van der Waals surface area contributed by atoms with Crippen molar-refractivity contribution in [2.24, 2.45) is 5.73 Å². The Kier molecular flexibility index (Phi) is 4.31. The highest BCUT2D eigenvalue weighted by atomic mass is 32.2. The highest BCUT2D eigenvalue weighted by molar-refractivity contribution is 7.91. The Labute approximate surface area is 84.8 Å². The van der Waals surface area contributed by atoms with Crippen LogP contribution in [0.5, 0.6) is 0 Å². The topological polar surface area (TPSA) is 83.6 Å². The van der Waals surface area contributed by atoms with Crippen LogP contribution in [0.2, 0.25) is 0 Å². The van der Waals surface area contributed by atoms with E-state index in [0.29, 0.717) is 19.5 Å². The van der Waals surface area contributed by atoms with Crippen LogP contribution < -0.4 is 5.73 Å². The minimum absolute atomic E-state index is 0.0523. The number of nitrogens with zero attached hydrogens (tertiary/aromatic N) is 1. The van der Waals surface area contributed by atoms with E-state index in [0.717, 1.165) is 6.54 Å². The molecule has 0 aromatic rings. The van der Waals surface area contributed by atoms with Gasteiger partial charge in [0, 0.05) is 19.1 Å². The molecule has 1 saturated heterocycles. The van der Waals surface area contributed by atoms with Crippen molar-refractivity contribution in [2.75, 3.05) is 37.7 Å². The van der Waals surface area contributed by atoms with Crippen molar-refractivity contribution in [3.8, 4) is 0 Å². The molecule has 1 aliphatic heterocycles. The van der Waals surface area contributed by atoms with E-state index in [4.69, 9.17) is 10.8 Å². The average Bonchev–Trinajstić information content (AvgIpc) is 2.28. The number of aliphatic hydroxyl groups is 1. The first kappa shape index (κ1) is 11.9. The predicted octanol–water partition coefficient (Wildman–Crippen LogP) is -1.57. The van der Waals surface area contributed by atoms with Crippen molar-refractivity contribution < 1.29 is 13.5 Å². The quantitative estimate of drug-likeness (QED) is 0.602. The zero-order valence-corrected chi connectivity index (χ0v) is 9.04. The molecule has 0 aliphatic carbocycles. The maximum absolute atomic E-state index is 11.3. The molecule has 1 aliphatic rings. The van der Waals surface area contributed by atoms with Gasteiger partial charge in [-0.15, -0.1) is 0 Å². The standard InChI is InChI=1S/C8H18N2O3S/c9-8(7-11)6-10-2-1-4-14(12,13)5-3-10/h8,11H,1-7,9H2. The van der Waals surface area contributed by atoms with E-state index in [2.05, 4.69) is 0 Å². The van der Waals surface area contributed by atoms with Crippen LogP contribution in [0, 0.1) is 0 Å². The van der Waals surface area contributed by atoms with E-state index < -0.39 is 9.84 Å². The van der Waals surface area contributed by atoms with Crippen LogP contribution in [0.25, 0.3) is 0 Å². The summed E-state index contributed by atoms with van der Waals surface area (Å²) in [6.45, 7) is 1.82. The van der Waals surface area contributed by atoms with Crippen LogP contribution in [0.4, 0.5) is 0 Å². The highest BCUT2D eigenvalue weighted by Crippen LogP contribution is 2.04. The van der Waals surface area contributed by atoms with Crippen LogP contribution in [0.15, 0.2) is 0 Å². The lowest BCUT2D eigenvalue weighted by Crippen LogP contribution is -2.41. The summed E-state index contributed by atoms with van der Waals surface area (Å²) >= 11 is 0.